The van der Waals surface area contributed by atoms with E-state index in [9.17, 15) is 14.4 Å². The van der Waals surface area contributed by atoms with Gasteiger partial charge in [-0.15, -0.1) is 0 Å². The summed E-state index contributed by atoms with van der Waals surface area (Å²) in [5.41, 5.74) is 13.8. The summed E-state index contributed by atoms with van der Waals surface area (Å²) in [5.74, 6) is -2.37. The highest BCUT2D eigenvalue weighted by molar-refractivity contribution is 6.02. The van der Waals surface area contributed by atoms with Gasteiger partial charge in [-0.25, -0.2) is 0 Å². The second-order valence-electron chi connectivity index (χ2n) is 10.5. The molecule has 3 rings (SSSR count). The van der Waals surface area contributed by atoms with Crippen LogP contribution in [0.2, 0.25) is 0 Å². The third-order valence-corrected chi connectivity index (χ3v) is 7.38. The molecule has 0 radical (unpaired) electrons. The Labute approximate surface area is 239 Å². The quantitative estimate of drug-likeness (QED) is 0.0780. The van der Waals surface area contributed by atoms with Crippen LogP contribution in [-0.2, 0) is 27.3 Å². The SMILES string of the molecule is CN(C)C(=O)C(Cc1ccc(/C(N)=N/O)cc1)C(=O)N[C@H](C(=O)NCc1ccc(/C(N)=N/O)cc1)C1CCCCC1. The van der Waals surface area contributed by atoms with E-state index in [4.69, 9.17) is 21.9 Å². The van der Waals surface area contributed by atoms with Crippen LogP contribution in [0.4, 0.5) is 0 Å². The smallest absolute Gasteiger partial charge is 0.243 e. The first-order valence-corrected chi connectivity index (χ1v) is 13.6. The van der Waals surface area contributed by atoms with E-state index in [-0.39, 0.29) is 42.4 Å². The highest BCUT2D eigenvalue weighted by Crippen LogP contribution is 2.27. The summed E-state index contributed by atoms with van der Waals surface area (Å²) in [7, 11) is 3.17. The second-order valence-corrected chi connectivity index (χ2v) is 10.5. The Morgan fingerprint density at radius 2 is 1.37 bits per heavy atom. The van der Waals surface area contributed by atoms with Crippen molar-refractivity contribution in [2.24, 2.45) is 33.6 Å². The number of rotatable bonds is 11. The third-order valence-electron chi connectivity index (χ3n) is 7.38. The molecule has 1 aliphatic rings. The molecule has 1 unspecified atom stereocenters. The molecule has 2 aromatic carbocycles. The first-order valence-electron chi connectivity index (χ1n) is 13.6. The molecule has 1 saturated carbocycles. The minimum absolute atomic E-state index is 0.0124. The molecule has 220 valence electrons. The summed E-state index contributed by atoms with van der Waals surface area (Å²) in [6.45, 7) is 0.223. The van der Waals surface area contributed by atoms with Gasteiger partial charge in [-0.1, -0.05) is 78.1 Å². The molecule has 0 aromatic heterocycles. The number of oxime groups is 2. The van der Waals surface area contributed by atoms with Gasteiger partial charge in [-0.2, -0.15) is 0 Å². The normalized spacial score (nSPS) is 16.0. The van der Waals surface area contributed by atoms with Crippen LogP contribution in [0.3, 0.4) is 0 Å². The molecule has 0 saturated heterocycles. The average molecular weight is 566 g/mol. The molecule has 12 nitrogen and oxygen atoms in total. The maximum atomic E-state index is 13.6. The summed E-state index contributed by atoms with van der Waals surface area (Å²) in [6.07, 6.45) is 4.72. The molecule has 2 atom stereocenters. The molecular formula is C29H39N7O5. The van der Waals surface area contributed by atoms with Crippen LogP contribution in [-0.4, -0.2) is 64.8 Å². The van der Waals surface area contributed by atoms with E-state index in [0.29, 0.717) is 16.7 Å². The Hall–Kier alpha value is -4.61. The van der Waals surface area contributed by atoms with Crippen molar-refractivity contribution in [3.63, 3.8) is 0 Å². The summed E-state index contributed by atoms with van der Waals surface area (Å²) >= 11 is 0. The van der Waals surface area contributed by atoms with Crippen LogP contribution < -0.4 is 22.1 Å². The van der Waals surface area contributed by atoms with Gasteiger partial charge in [0.1, 0.15) is 12.0 Å². The standard InChI is InChI=1S/C29H39N7O5/c1-36(2)29(39)23(16-18-8-12-21(13-9-18)25(30)34-40)27(37)33-24(20-6-4-3-5-7-20)28(38)32-17-19-10-14-22(15-11-19)26(31)35-41/h8-15,20,23-24,40-41H,3-7,16-17H2,1-2H3,(H2,30,34)(H2,31,35)(H,32,38)(H,33,37)/t23?,24-/m0/s1. The third kappa shape index (κ3) is 8.44. The molecule has 2 aromatic rings. The van der Waals surface area contributed by atoms with Crippen molar-refractivity contribution in [1.29, 1.82) is 0 Å². The number of carbonyl (C=O) groups excluding carboxylic acids is 3. The summed E-state index contributed by atoms with van der Waals surface area (Å²) < 4.78 is 0. The van der Waals surface area contributed by atoms with E-state index in [2.05, 4.69) is 20.9 Å². The van der Waals surface area contributed by atoms with Gasteiger partial charge >= 0.3 is 0 Å². The zero-order valence-electron chi connectivity index (χ0n) is 23.4. The molecule has 0 aliphatic heterocycles. The van der Waals surface area contributed by atoms with E-state index in [0.717, 1.165) is 37.7 Å². The topological polar surface area (TPSA) is 196 Å². The number of nitrogens with two attached hydrogens (primary N) is 2. The maximum absolute atomic E-state index is 13.6. The number of carbonyl (C=O) groups is 3. The fraction of sp³-hybridized carbons (Fsp3) is 0.414. The van der Waals surface area contributed by atoms with Gasteiger partial charge in [0.15, 0.2) is 11.7 Å². The lowest BCUT2D eigenvalue weighted by Gasteiger charge is -2.31. The first kappa shape index (κ1) is 30.9. The Morgan fingerprint density at radius 3 is 1.85 bits per heavy atom. The van der Waals surface area contributed by atoms with E-state index >= 15 is 0 Å². The minimum Gasteiger partial charge on any atom is -0.409 e. The molecular weight excluding hydrogens is 526 g/mol. The number of hydrogen-bond acceptors (Lipinski definition) is 7. The second kappa shape index (κ2) is 14.7. The van der Waals surface area contributed by atoms with Crippen molar-refractivity contribution >= 4 is 29.4 Å². The summed E-state index contributed by atoms with van der Waals surface area (Å²) in [6, 6.07) is 12.8. The monoisotopic (exact) mass is 565 g/mol. The highest BCUT2D eigenvalue weighted by atomic mass is 16.4. The predicted octanol–water partition coefficient (Wildman–Crippen LogP) is 1.50. The number of amidine groups is 2. The van der Waals surface area contributed by atoms with Crippen LogP contribution in [0.15, 0.2) is 58.8 Å². The Bertz CT molecular complexity index is 1250. The molecule has 1 aliphatic carbocycles. The van der Waals surface area contributed by atoms with Gasteiger partial charge in [0, 0.05) is 31.8 Å². The number of nitrogens with one attached hydrogen (secondary N) is 2. The molecule has 0 heterocycles. The number of benzene rings is 2. The molecule has 3 amide bonds. The maximum Gasteiger partial charge on any atom is 0.243 e. The van der Waals surface area contributed by atoms with E-state index in [1.807, 2.05) is 0 Å². The lowest BCUT2D eigenvalue weighted by atomic mass is 9.83. The molecule has 0 spiro atoms. The van der Waals surface area contributed by atoms with Gasteiger partial charge in [0.2, 0.25) is 17.7 Å². The fourth-order valence-electron chi connectivity index (χ4n) is 4.98. The molecule has 1 fully saturated rings. The van der Waals surface area contributed by atoms with Crippen LogP contribution in [0, 0.1) is 11.8 Å². The Morgan fingerprint density at radius 1 is 0.854 bits per heavy atom. The molecule has 8 N–H and O–H groups in total. The lowest BCUT2D eigenvalue weighted by molar-refractivity contribution is -0.142. The number of amides is 3. The van der Waals surface area contributed by atoms with Gasteiger partial charge < -0.3 is 37.4 Å². The Kier molecular flexibility index (Phi) is 11.1. The largest absolute Gasteiger partial charge is 0.409 e. The van der Waals surface area contributed by atoms with Crippen LogP contribution >= 0.6 is 0 Å². The minimum atomic E-state index is -1.05. The highest BCUT2D eigenvalue weighted by Gasteiger charge is 2.35. The van der Waals surface area contributed by atoms with E-state index in [1.54, 1.807) is 62.6 Å². The van der Waals surface area contributed by atoms with Crippen LogP contribution in [0.1, 0.15) is 54.4 Å². The van der Waals surface area contributed by atoms with Gasteiger partial charge in [0.25, 0.3) is 0 Å². The molecule has 12 heteroatoms. The van der Waals surface area contributed by atoms with Crippen molar-refractivity contribution in [2.75, 3.05) is 14.1 Å². The number of nitrogens with zero attached hydrogens (tertiary/aromatic N) is 3. The van der Waals surface area contributed by atoms with Gasteiger partial charge in [0.05, 0.1) is 0 Å². The summed E-state index contributed by atoms with van der Waals surface area (Å²) in [4.78, 5) is 41.5. The van der Waals surface area contributed by atoms with Crippen molar-refractivity contribution < 1.29 is 24.8 Å². The van der Waals surface area contributed by atoms with Crippen molar-refractivity contribution in [1.82, 2.24) is 15.5 Å². The van der Waals surface area contributed by atoms with Crippen molar-refractivity contribution in [3.8, 4) is 0 Å². The molecule has 41 heavy (non-hydrogen) atoms. The van der Waals surface area contributed by atoms with Gasteiger partial charge in [-0.05, 0) is 36.3 Å². The van der Waals surface area contributed by atoms with Crippen LogP contribution in [0.25, 0.3) is 0 Å². The summed E-state index contributed by atoms with van der Waals surface area (Å²) in [5, 5.41) is 29.6. The van der Waals surface area contributed by atoms with E-state index < -0.39 is 17.9 Å². The predicted molar refractivity (Wildman–Crippen MR) is 154 cm³/mol. The number of hydrogen-bond donors (Lipinski definition) is 6. The van der Waals surface area contributed by atoms with Crippen LogP contribution in [0.5, 0.6) is 0 Å². The zero-order valence-corrected chi connectivity index (χ0v) is 23.4. The van der Waals surface area contributed by atoms with Gasteiger partial charge in [-0.3, -0.25) is 14.4 Å². The zero-order chi connectivity index (χ0) is 29.9. The first-order chi connectivity index (χ1) is 19.6. The lowest BCUT2D eigenvalue weighted by Crippen LogP contribution is -2.54. The fourth-order valence-corrected chi connectivity index (χ4v) is 4.98. The van der Waals surface area contributed by atoms with Crippen molar-refractivity contribution in [2.45, 2.75) is 51.1 Å². The average Bonchev–Trinajstić information content (AvgIpc) is 3.00. The van der Waals surface area contributed by atoms with E-state index in [1.165, 1.54) is 4.90 Å². The molecule has 0 bridgehead atoms. The Balaban J connectivity index is 1.77. The van der Waals surface area contributed by atoms with Crippen molar-refractivity contribution in [3.05, 3.63) is 70.8 Å².